The third-order valence-electron chi connectivity index (χ3n) is 4.61. The van der Waals surface area contributed by atoms with E-state index < -0.39 is 5.91 Å². The van der Waals surface area contributed by atoms with Crippen molar-refractivity contribution in [3.8, 4) is 17.6 Å². The second kappa shape index (κ2) is 12.4. The predicted octanol–water partition coefficient (Wildman–Crippen LogP) is 5.40. The molecule has 0 saturated heterocycles. The number of aromatic nitrogens is 2. The third kappa shape index (κ3) is 7.16. The van der Waals surface area contributed by atoms with Gasteiger partial charge >= 0.3 is 0 Å². The van der Waals surface area contributed by atoms with Gasteiger partial charge in [0.05, 0.1) is 6.61 Å². The fourth-order valence-electron chi connectivity index (χ4n) is 2.95. The summed E-state index contributed by atoms with van der Waals surface area (Å²) >= 11 is 1.32. The first-order chi connectivity index (χ1) is 16.1. The number of benzene rings is 2. The highest BCUT2D eigenvalue weighted by atomic mass is 32.1. The van der Waals surface area contributed by atoms with E-state index in [4.69, 9.17) is 9.47 Å². The van der Waals surface area contributed by atoms with Gasteiger partial charge in [0.1, 0.15) is 23.3 Å². The van der Waals surface area contributed by atoms with E-state index in [1.54, 1.807) is 18.2 Å². The lowest BCUT2D eigenvalue weighted by atomic mass is 10.1. The summed E-state index contributed by atoms with van der Waals surface area (Å²) < 4.78 is 11.6. The van der Waals surface area contributed by atoms with Crippen molar-refractivity contribution in [1.29, 1.82) is 5.26 Å². The predicted molar refractivity (Wildman–Crippen MR) is 129 cm³/mol. The van der Waals surface area contributed by atoms with Crippen LogP contribution in [-0.4, -0.2) is 22.7 Å². The van der Waals surface area contributed by atoms with Gasteiger partial charge in [-0.3, -0.25) is 10.1 Å². The maximum Gasteiger partial charge on any atom is 0.268 e. The number of aryl methyl sites for hydroxylation is 1. The smallest absolute Gasteiger partial charge is 0.268 e. The first kappa shape index (κ1) is 24.0. The molecule has 0 aliphatic heterocycles. The molecule has 0 bridgehead atoms. The zero-order valence-corrected chi connectivity index (χ0v) is 19.5. The minimum absolute atomic E-state index is 0.0410. The summed E-state index contributed by atoms with van der Waals surface area (Å²) in [6.07, 6.45) is 4.41. The molecular formula is C25H26N4O3S. The number of hydrogen-bond acceptors (Lipinski definition) is 7. The average Bonchev–Trinajstić information content (AvgIpc) is 3.28. The van der Waals surface area contributed by atoms with E-state index in [1.165, 1.54) is 17.4 Å². The standard InChI is InChI=1S/C25H26N4O3S/c1-3-5-11-23-28-29-25(33-23)27-24(30)20(16-26)14-19-12-13-21(22(15-19)31-4-2)32-17-18-9-7-6-8-10-18/h6-10,12-15H,3-5,11,17H2,1-2H3,(H,27,29,30). The minimum Gasteiger partial charge on any atom is -0.490 e. The van der Waals surface area contributed by atoms with Crippen LogP contribution in [0.15, 0.2) is 54.1 Å². The molecule has 1 aromatic heterocycles. The first-order valence-corrected chi connectivity index (χ1v) is 11.6. The molecule has 0 aliphatic rings. The van der Waals surface area contributed by atoms with Crippen LogP contribution in [0.2, 0.25) is 0 Å². The number of anilines is 1. The molecule has 0 fully saturated rings. The fraction of sp³-hybridized carbons (Fsp3) is 0.280. The van der Waals surface area contributed by atoms with E-state index in [-0.39, 0.29) is 5.57 Å². The molecule has 0 aliphatic carbocycles. The summed E-state index contributed by atoms with van der Waals surface area (Å²) in [5.74, 6) is 0.608. The van der Waals surface area contributed by atoms with Crippen LogP contribution >= 0.6 is 11.3 Å². The zero-order chi connectivity index (χ0) is 23.5. The second-order valence-corrected chi connectivity index (χ2v) is 8.20. The molecule has 3 aromatic rings. The zero-order valence-electron chi connectivity index (χ0n) is 18.7. The Balaban J connectivity index is 1.72. The molecule has 0 radical (unpaired) electrons. The monoisotopic (exact) mass is 462 g/mol. The van der Waals surface area contributed by atoms with Gasteiger partial charge in [0, 0.05) is 6.42 Å². The van der Waals surface area contributed by atoms with Crippen LogP contribution in [0, 0.1) is 11.3 Å². The number of amides is 1. The molecule has 1 N–H and O–H groups in total. The molecule has 1 heterocycles. The van der Waals surface area contributed by atoms with Crippen molar-refractivity contribution >= 4 is 28.5 Å². The van der Waals surface area contributed by atoms with Crippen LogP contribution in [0.25, 0.3) is 6.08 Å². The maximum atomic E-state index is 12.6. The van der Waals surface area contributed by atoms with Crippen LogP contribution in [0.5, 0.6) is 11.5 Å². The van der Waals surface area contributed by atoms with Crippen molar-refractivity contribution in [3.63, 3.8) is 0 Å². The van der Waals surface area contributed by atoms with Gasteiger partial charge in [-0.2, -0.15) is 5.26 Å². The summed E-state index contributed by atoms with van der Waals surface area (Å²) in [6, 6.07) is 17.1. The quantitative estimate of drug-likeness (QED) is 0.302. The highest BCUT2D eigenvalue weighted by molar-refractivity contribution is 7.15. The number of carbonyl (C=O) groups is 1. The number of rotatable bonds is 11. The van der Waals surface area contributed by atoms with Gasteiger partial charge in [-0.15, -0.1) is 10.2 Å². The third-order valence-corrected chi connectivity index (χ3v) is 5.51. The molecule has 7 nitrogen and oxygen atoms in total. The SMILES string of the molecule is CCCCc1nnc(NC(=O)C(C#N)=Cc2ccc(OCc3ccccc3)c(OCC)c2)s1. The molecule has 0 atom stereocenters. The Morgan fingerprint density at radius 2 is 1.94 bits per heavy atom. The Kier molecular flexibility index (Phi) is 8.98. The summed E-state index contributed by atoms with van der Waals surface area (Å²) in [4.78, 5) is 12.6. The van der Waals surface area contributed by atoms with Crippen LogP contribution in [0.3, 0.4) is 0 Å². The average molecular weight is 463 g/mol. The van der Waals surface area contributed by atoms with Crippen LogP contribution < -0.4 is 14.8 Å². The lowest BCUT2D eigenvalue weighted by molar-refractivity contribution is -0.112. The van der Waals surface area contributed by atoms with E-state index >= 15 is 0 Å². The summed E-state index contributed by atoms with van der Waals surface area (Å²) in [5.41, 5.74) is 1.65. The second-order valence-electron chi connectivity index (χ2n) is 7.14. The number of ether oxygens (including phenoxy) is 2. The molecule has 8 heteroatoms. The molecule has 2 aromatic carbocycles. The number of hydrogen-bond donors (Lipinski definition) is 1. The summed E-state index contributed by atoms with van der Waals surface area (Å²) in [6.45, 7) is 4.85. The first-order valence-electron chi connectivity index (χ1n) is 10.8. The molecule has 1 amide bonds. The lowest BCUT2D eigenvalue weighted by Gasteiger charge is -2.13. The normalized spacial score (nSPS) is 11.0. The molecular weight excluding hydrogens is 436 g/mol. The van der Waals surface area contributed by atoms with E-state index in [0.29, 0.717) is 35.4 Å². The highest BCUT2D eigenvalue weighted by Gasteiger charge is 2.14. The van der Waals surface area contributed by atoms with Crippen molar-refractivity contribution in [3.05, 3.63) is 70.2 Å². The van der Waals surface area contributed by atoms with Gasteiger partial charge in [0.2, 0.25) is 5.13 Å². The van der Waals surface area contributed by atoms with Crippen molar-refractivity contribution in [2.24, 2.45) is 0 Å². The molecule has 0 saturated carbocycles. The van der Waals surface area contributed by atoms with Gasteiger partial charge in [0.15, 0.2) is 11.5 Å². The van der Waals surface area contributed by atoms with E-state index in [1.807, 2.05) is 43.3 Å². The molecule has 0 unspecified atom stereocenters. The number of nitriles is 1. The maximum absolute atomic E-state index is 12.6. The van der Waals surface area contributed by atoms with Crippen LogP contribution in [0.4, 0.5) is 5.13 Å². The Hall–Kier alpha value is -3.70. The topological polar surface area (TPSA) is 97.1 Å². The minimum atomic E-state index is -0.530. The van der Waals surface area contributed by atoms with E-state index in [2.05, 4.69) is 22.4 Å². The van der Waals surface area contributed by atoms with E-state index in [9.17, 15) is 10.1 Å². The Bertz CT molecular complexity index is 1140. The van der Waals surface area contributed by atoms with Gasteiger partial charge in [-0.1, -0.05) is 61.1 Å². The van der Waals surface area contributed by atoms with Crippen molar-refractivity contribution in [2.45, 2.75) is 39.7 Å². The fourth-order valence-corrected chi connectivity index (χ4v) is 3.73. The van der Waals surface area contributed by atoms with E-state index in [0.717, 1.165) is 29.8 Å². The summed E-state index contributed by atoms with van der Waals surface area (Å²) in [5, 5.41) is 21.5. The number of carbonyl (C=O) groups excluding carboxylic acids is 1. The largest absolute Gasteiger partial charge is 0.490 e. The van der Waals surface area contributed by atoms with Crippen molar-refractivity contribution in [2.75, 3.05) is 11.9 Å². The van der Waals surface area contributed by atoms with Gasteiger partial charge < -0.3 is 9.47 Å². The van der Waals surface area contributed by atoms with Gasteiger partial charge in [-0.25, -0.2) is 0 Å². The molecule has 170 valence electrons. The highest BCUT2D eigenvalue weighted by Crippen LogP contribution is 2.30. The van der Waals surface area contributed by atoms with Crippen molar-refractivity contribution in [1.82, 2.24) is 10.2 Å². The number of nitrogens with one attached hydrogen (secondary N) is 1. The van der Waals surface area contributed by atoms with Crippen LogP contribution in [-0.2, 0) is 17.8 Å². The number of nitrogens with zero attached hydrogens (tertiary/aromatic N) is 3. The molecule has 33 heavy (non-hydrogen) atoms. The summed E-state index contributed by atoms with van der Waals surface area (Å²) in [7, 11) is 0. The Morgan fingerprint density at radius 1 is 1.12 bits per heavy atom. The van der Waals surface area contributed by atoms with Gasteiger partial charge in [-0.05, 0) is 42.7 Å². The molecule has 0 spiro atoms. The lowest BCUT2D eigenvalue weighted by Crippen LogP contribution is -2.13. The van der Waals surface area contributed by atoms with Crippen LogP contribution in [0.1, 0.15) is 42.8 Å². The number of unbranched alkanes of at least 4 members (excludes halogenated alkanes) is 1. The molecule has 3 rings (SSSR count). The Morgan fingerprint density at radius 3 is 2.67 bits per heavy atom. The van der Waals surface area contributed by atoms with Gasteiger partial charge in [0.25, 0.3) is 5.91 Å². The van der Waals surface area contributed by atoms with Crippen molar-refractivity contribution < 1.29 is 14.3 Å². The Labute approximate surface area is 197 Å².